The highest BCUT2D eigenvalue weighted by atomic mass is 32.2. The van der Waals surface area contributed by atoms with Crippen LogP contribution in [-0.2, 0) is 11.3 Å². The topological polar surface area (TPSA) is 74.7 Å². The Kier molecular flexibility index (Phi) is 10.9. The van der Waals surface area contributed by atoms with Crippen LogP contribution in [0.3, 0.4) is 0 Å². The summed E-state index contributed by atoms with van der Waals surface area (Å²) in [6.45, 7) is 4.40. The van der Waals surface area contributed by atoms with Gasteiger partial charge < -0.3 is 15.2 Å². The first kappa shape index (κ1) is 21.7. The number of rotatable bonds is 12. The SMILES string of the molecule is O=C(CSCCCO)NCC=CCOc1cc(CN2CCCCC2)ccn1. The van der Waals surface area contributed by atoms with Crippen molar-refractivity contribution in [2.45, 2.75) is 32.2 Å². The van der Waals surface area contributed by atoms with E-state index >= 15 is 0 Å². The average Bonchev–Trinajstić information content (AvgIpc) is 2.69. The molecule has 1 aliphatic heterocycles. The summed E-state index contributed by atoms with van der Waals surface area (Å²) in [7, 11) is 0. The molecule has 0 unspecified atom stereocenters. The molecule has 0 atom stereocenters. The Morgan fingerprint density at radius 2 is 2.19 bits per heavy atom. The number of thioether (sulfide) groups is 1. The van der Waals surface area contributed by atoms with Gasteiger partial charge in [-0.1, -0.05) is 12.5 Å². The van der Waals surface area contributed by atoms with Gasteiger partial charge in [-0.15, -0.1) is 0 Å². The van der Waals surface area contributed by atoms with Gasteiger partial charge in [0.05, 0.1) is 5.75 Å². The molecule has 0 spiro atoms. The molecule has 1 aromatic heterocycles. The molecule has 27 heavy (non-hydrogen) atoms. The van der Waals surface area contributed by atoms with Crippen molar-refractivity contribution < 1.29 is 14.6 Å². The van der Waals surface area contributed by atoms with E-state index in [0.717, 1.165) is 18.7 Å². The second-order valence-corrected chi connectivity index (χ2v) is 7.66. The number of nitrogens with zero attached hydrogens (tertiary/aromatic N) is 2. The molecule has 0 bridgehead atoms. The minimum atomic E-state index is 0.00980. The molecular weight excluding hydrogens is 362 g/mol. The third-order valence-electron chi connectivity index (χ3n) is 4.25. The van der Waals surface area contributed by atoms with Crippen LogP contribution in [0.4, 0.5) is 0 Å². The van der Waals surface area contributed by atoms with E-state index in [1.54, 1.807) is 6.20 Å². The molecule has 1 amide bonds. The predicted molar refractivity (Wildman–Crippen MR) is 110 cm³/mol. The standard InChI is InChI=1S/C20H31N3O3S/c24-12-6-14-27-17-19(25)21-8-2-5-13-26-20-15-18(7-9-22-20)16-23-10-3-1-4-11-23/h2,5,7,9,15,24H,1,3-4,6,8,10-14,16-17H2,(H,21,25). The van der Waals surface area contributed by atoms with Gasteiger partial charge in [-0.3, -0.25) is 9.69 Å². The number of aromatic nitrogens is 1. The summed E-state index contributed by atoms with van der Waals surface area (Å²) < 4.78 is 5.68. The summed E-state index contributed by atoms with van der Waals surface area (Å²) >= 11 is 1.53. The van der Waals surface area contributed by atoms with Crippen LogP contribution >= 0.6 is 11.8 Å². The van der Waals surface area contributed by atoms with Crippen LogP contribution in [0.5, 0.6) is 5.88 Å². The fourth-order valence-corrected chi connectivity index (χ4v) is 3.61. The molecule has 0 radical (unpaired) electrons. The lowest BCUT2D eigenvalue weighted by Crippen LogP contribution is -2.29. The molecule has 2 rings (SSSR count). The summed E-state index contributed by atoms with van der Waals surface area (Å²) in [6, 6.07) is 4.05. The fraction of sp³-hybridized carbons (Fsp3) is 0.600. The van der Waals surface area contributed by atoms with Crippen LogP contribution in [-0.4, -0.2) is 65.3 Å². The zero-order chi connectivity index (χ0) is 19.2. The molecule has 1 saturated heterocycles. The first-order valence-corrected chi connectivity index (χ1v) is 10.8. The Hall–Kier alpha value is -1.57. The van der Waals surface area contributed by atoms with E-state index in [-0.39, 0.29) is 12.5 Å². The molecule has 7 heteroatoms. The zero-order valence-electron chi connectivity index (χ0n) is 15.9. The smallest absolute Gasteiger partial charge is 0.230 e. The number of ether oxygens (including phenoxy) is 1. The van der Waals surface area contributed by atoms with Gasteiger partial charge in [0.1, 0.15) is 6.61 Å². The maximum atomic E-state index is 11.6. The monoisotopic (exact) mass is 393 g/mol. The number of piperidine rings is 1. The minimum Gasteiger partial charge on any atom is -0.473 e. The lowest BCUT2D eigenvalue weighted by Gasteiger charge is -2.26. The fourth-order valence-electron chi connectivity index (χ4n) is 2.84. The normalized spacial score (nSPS) is 15.1. The lowest BCUT2D eigenvalue weighted by molar-refractivity contribution is -0.118. The number of carbonyl (C=O) groups is 1. The van der Waals surface area contributed by atoms with Crippen molar-refractivity contribution in [3.05, 3.63) is 36.0 Å². The Morgan fingerprint density at radius 3 is 3.00 bits per heavy atom. The molecule has 2 N–H and O–H groups in total. The van der Waals surface area contributed by atoms with E-state index in [4.69, 9.17) is 9.84 Å². The maximum Gasteiger partial charge on any atom is 0.230 e. The number of nitrogens with one attached hydrogen (secondary N) is 1. The van der Waals surface area contributed by atoms with E-state index in [1.165, 1.54) is 49.7 Å². The molecule has 1 aliphatic rings. The summed E-state index contributed by atoms with van der Waals surface area (Å²) in [5.74, 6) is 1.88. The van der Waals surface area contributed by atoms with Crippen molar-refractivity contribution in [1.29, 1.82) is 0 Å². The highest BCUT2D eigenvalue weighted by Crippen LogP contribution is 2.15. The molecule has 0 saturated carbocycles. The number of carbonyl (C=O) groups excluding carboxylic acids is 1. The van der Waals surface area contributed by atoms with Gasteiger partial charge in [0.2, 0.25) is 11.8 Å². The highest BCUT2D eigenvalue weighted by molar-refractivity contribution is 7.99. The summed E-state index contributed by atoms with van der Waals surface area (Å²) in [6.07, 6.45) is 10.2. The first-order chi connectivity index (χ1) is 13.3. The van der Waals surface area contributed by atoms with Crippen LogP contribution in [0.2, 0.25) is 0 Å². The molecular formula is C20H31N3O3S. The number of hydrogen-bond donors (Lipinski definition) is 2. The molecule has 6 nitrogen and oxygen atoms in total. The third kappa shape index (κ3) is 9.79. The Balaban J connectivity index is 1.60. The maximum absolute atomic E-state index is 11.6. The van der Waals surface area contributed by atoms with Crippen molar-refractivity contribution in [2.75, 3.05) is 44.4 Å². The number of aliphatic hydroxyl groups is 1. The molecule has 1 aromatic rings. The largest absolute Gasteiger partial charge is 0.473 e. The van der Waals surface area contributed by atoms with Gasteiger partial charge >= 0.3 is 0 Å². The van der Waals surface area contributed by atoms with Crippen LogP contribution in [0.25, 0.3) is 0 Å². The Morgan fingerprint density at radius 1 is 1.33 bits per heavy atom. The van der Waals surface area contributed by atoms with Gasteiger partial charge in [0, 0.05) is 32.0 Å². The number of pyridine rings is 1. The molecule has 2 heterocycles. The number of hydrogen-bond acceptors (Lipinski definition) is 6. The van der Waals surface area contributed by atoms with E-state index < -0.39 is 0 Å². The van der Waals surface area contributed by atoms with Crippen LogP contribution < -0.4 is 10.1 Å². The van der Waals surface area contributed by atoms with E-state index in [2.05, 4.69) is 15.2 Å². The van der Waals surface area contributed by atoms with Crippen molar-refractivity contribution in [3.63, 3.8) is 0 Å². The second-order valence-electron chi connectivity index (χ2n) is 6.56. The van der Waals surface area contributed by atoms with Gasteiger partial charge in [-0.05, 0) is 55.8 Å². The molecule has 150 valence electrons. The van der Waals surface area contributed by atoms with E-state index in [0.29, 0.717) is 24.8 Å². The van der Waals surface area contributed by atoms with Crippen LogP contribution in [0.1, 0.15) is 31.2 Å². The zero-order valence-corrected chi connectivity index (χ0v) is 16.8. The number of likely N-dealkylation sites (tertiary alicyclic amines) is 1. The Labute approximate surface area is 166 Å². The highest BCUT2D eigenvalue weighted by Gasteiger charge is 2.10. The number of amides is 1. The summed E-state index contributed by atoms with van der Waals surface area (Å²) in [5.41, 5.74) is 1.23. The van der Waals surface area contributed by atoms with Gasteiger partial charge in [-0.2, -0.15) is 11.8 Å². The third-order valence-corrected chi connectivity index (χ3v) is 5.29. The van der Waals surface area contributed by atoms with Gasteiger partial charge in [0.25, 0.3) is 0 Å². The van der Waals surface area contributed by atoms with Crippen LogP contribution in [0, 0.1) is 0 Å². The van der Waals surface area contributed by atoms with E-state index in [9.17, 15) is 4.79 Å². The van der Waals surface area contributed by atoms with E-state index in [1.807, 2.05) is 24.3 Å². The van der Waals surface area contributed by atoms with Crippen molar-refractivity contribution in [3.8, 4) is 5.88 Å². The predicted octanol–water partition coefficient (Wildman–Crippen LogP) is 2.23. The minimum absolute atomic E-state index is 0.00980. The van der Waals surface area contributed by atoms with Crippen molar-refractivity contribution in [1.82, 2.24) is 15.2 Å². The van der Waals surface area contributed by atoms with Crippen molar-refractivity contribution in [2.24, 2.45) is 0 Å². The molecule has 0 aliphatic carbocycles. The quantitative estimate of drug-likeness (QED) is 0.419. The lowest BCUT2D eigenvalue weighted by atomic mass is 10.1. The first-order valence-electron chi connectivity index (χ1n) is 9.68. The average molecular weight is 394 g/mol. The summed E-state index contributed by atoms with van der Waals surface area (Å²) in [5, 5.41) is 11.5. The molecule has 1 fully saturated rings. The van der Waals surface area contributed by atoms with Crippen LogP contribution in [0.15, 0.2) is 30.5 Å². The van der Waals surface area contributed by atoms with Crippen molar-refractivity contribution >= 4 is 17.7 Å². The second kappa shape index (κ2) is 13.6. The van der Waals surface area contributed by atoms with Gasteiger partial charge in [0.15, 0.2) is 0 Å². The number of aliphatic hydroxyl groups excluding tert-OH is 1. The van der Waals surface area contributed by atoms with Gasteiger partial charge in [-0.25, -0.2) is 4.98 Å². The summed E-state index contributed by atoms with van der Waals surface area (Å²) in [4.78, 5) is 18.3. The molecule has 0 aromatic carbocycles. The Bertz CT molecular complexity index is 577.